The molecule has 0 amide bonds. The van der Waals surface area contributed by atoms with Gasteiger partial charge >= 0.3 is 0 Å². The first-order valence-electron chi connectivity index (χ1n) is 11.7. The maximum Gasteiger partial charge on any atom is 0.125 e. The number of unbranched alkanes of at least 4 members (excludes halogenated alkanes) is 2. The van der Waals surface area contributed by atoms with Crippen LogP contribution in [0.4, 0.5) is 0 Å². The van der Waals surface area contributed by atoms with E-state index in [-0.39, 0.29) is 0 Å². The molecule has 2 aromatic carbocycles. The van der Waals surface area contributed by atoms with Gasteiger partial charge in [0.15, 0.2) is 0 Å². The molecule has 0 saturated carbocycles. The first-order valence-corrected chi connectivity index (χ1v) is 11.7. The predicted octanol–water partition coefficient (Wildman–Crippen LogP) is 6.87. The number of allylic oxidation sites excluding steroid dienone is 1. The lowest BCUT2D eigenvalue weighted by atomic mass is 9.99. The van der Waals surface area contributed by atoms with Crippen LogP contribution in [-0.4, -0.2) is 32.6 Å². The Morgan fingerprint density at radius 3 is 1.91 bits per heavy atom. The van der Waals surface area contributed by atoms with Crippen LogP contribution >= 0.6 is 0 Å². The highest BCUT2D eigenvalue weighted by Gasteiger charge is 2.10. The Balaban J connectivity index is 1.75. The Morgan fingerprint density at radius 2 is 1.33 bits per heavy atom. The molecule has 5 nitrogen and oxygen atoms in total. The van der Waals surface area contributed by atoms with Crippen molar-refractivity contribution in [2.24, 2.45) is 5.16 Å². The van der Waals surface area contributed by atoms with Gasteiger partial charge in [0.25, 0.3) is 0 Å². The summed E-state index contributed by atoms with van der Waals surface area (Å²) in [7, 11) is 1.57. The fourth-order valence-corrected chi connectivity index (χ4v) is 3.97. The van der Waals surface area contributed by atoms with Crippen molar-refractivity contribution in [3.05, 3.63) is 64.2 Å². The van der Waals surface area contributed by atoms with Crippen molar-refractivity contribution < 1.29 is 19.0 Å². The molecule has 2 rings (SSSR count). The van der Waals surface area contributed by atoms with E-state index in [0.717, 1.165) is 70.0 Å². The third-order valence-corrected chi connectivity index (χ3v) is 5.42. The molecule has 0 atom stereocenters. The highest BCUT2D eigenvalue weighted by atomic mass is 16.6. The minimum absolute atomic E-state index is 0.586. The van der Waals surface area contributed by atoms with Crippen LogP contribution < -0.4 is 14.2 Å². The van der Waals surface area contributed by atoms with Gasteiger partial charge in [-0.3, -0.25) is 0 Å². The fraction of sp³-hybridized carbons (Fsp3) is 0.464. The van der Waals surface area contributed by atoms with Gasteiger partial charge in [-0.1, -0.05) is 17.3 Å². The fourth-order valence-electron chi connectivity index (χ4n) is 3.97. The molecule has 0 saturated heterocycles. The van der Waals surface area contributed by atoms with E-state index < -0.39 is 0 Å². The van der Waals surface area contributed by atoms with E-state index in [1.54, 1.807) is 7.11 Å². The normalized spacial score (nSPS) is 11.7. The lowest BCUT2D eigenvalue weighted by Crippen LogP contribution is -2.05. The monoisotopic (exact) mass is 453 g/mol. The first-order chi connectivity index (χ1) is 15.9. The van der Waals surface area contributed by atoms with E-state index in [1.807, 2.05) is 38.1 Å². The van der Waals surface area contributed by atoms with Crippen LogP contribution in [0.1, 0.15) is 60.9 Å². The third kappa shape index (κ3) is 8.16. The summed E-state index contributed by atoms with van der Waals surface area (Å²) in [6.45, 7) is 14.2. The zero-order valence-electron chi connectivity index (χ0n) is 21.3. The lowest BCUT2D eigenvalue weighted by molar-refractivity contribution is 0.213. The molecule has 0 aromatic heterocycles. The molecule has 2 aromatic rings. The molecule has 0 spiro atoms. The Labute approximate surface area is 199 Å². The highest BCUT2D eigenvalue weighted by Crippen LogP contribution is 2.29. The Kier molecular flexibility index (Phi) is 10.8. The van der Waals surface area contributed by atoms with Crippen LogP contribution in [-0.2, 0) is 4.84 Å². The van der Waals surface area contributed by atoms with E-state index in [1.165, 1.54) is 0 Å². The second-order valence-corrected chi connectivity index (χ2v) is 8.32. The zero-order valence-corrected chi connectivity index (χ0v) is 21.3. The molecule has 0 radical (unpaired) electrons. The van der Waals surface area contributed by atoms with Crippen LogP contribution in [0, 0.1) is 27.7 Å². The van der Waals surface area contributed by atoms with E-state index in [4.69, 9.17) is 19.0 Å². The van der Waals surface area contributed by atoms with Crippen LogP contribution in [0.2, 0.25) is 0 Å². The molecule has 0 heterocycles. The number of aryl methyl sites for hydroxylation is 4. The summed E-state index contributed by atoms with van der Waals surface area (Å²) in [5, 5.41) is 4.06. The molecule has 0 aliphatic heterocycles. The van der Waals surface area contributed by atoms with Crippen molar-refractivity contribution in [3.8, 4) is 17.2 Å². The van der Waals surface area contributed by atoms with Gasteiger partial charge in [0.1, 0.15) is 31.0 Å². The Bertz CT molecular complexity index is 916. The summed E-state index contributed by atoms with van der Waals surface area (Å²) >= 11 is 0. The maximum atomic E-state index is 6.07. The maximum absolute atomic E-state index is 6.07. The summed E-state index contributed by atoms with van der Waals surface area (Å²) in [4.78, 5) is 4.91. The van der Waals surface area contributed by atoms with Crippen LogP contribution in [0.3, 0.4) is 0 Å². The first kappa shape index (κ1) is 26.3. The number of rotatable bonds is 13. The molecule has 5 heteroatoms. The van der Waals surface area contributed by atoms with E-state index in [2.05, 4.69) is 45.0 Å². The van der Waals surface area contributed by atoms with Gasteiger partial charge in [0, 0.05) is 5.56 Å². The van der Waals surface area contributed by atoms with Crippen LogP contribution in [0.25, 0.3) is 0 Å². The summed E-state index contributed by atoms with van der Waals surface area (Å²) in [6.07, 6.45) is 7.02. The second kappa shape index (κ2) is 13.6. The molecule has 0 N–H and O–H groups in total. The number of ether oxygens (including phenoxy) is 3. The van der Waals surface area contributed by atoms with Gasteiger partial charge in [-0.05, 0) is 107 Å². The van der Waals surface area contributed by atoms with Crippen molar-refractivity contribution in [1.82, 2.24) is 0 Å². The molecule has 0 aliphatic carbocycles. The van der Waals surface area contributed by atoms with Gasteiger partial charge in [0.05, 0.1) is 18.9 Å². The molecule has 0 unspecified atom stereocenters. The van der Waals surface area contributed by atoms with Gasteiger partial charge in [0.2, 0.25) is 0 Å². The molecule has 0 fully saturated rings. The van der Waals surface area contributed by atoms with Crippen LogP contribution in [0.5, 0.6) is 17.2 Å². The molecule has 0 bridgehead atoms. The molecular weight excluding hydrogens is 414 g/mol. The van der Waals surface area contributed by atoms with Crippen molar-refractivity contribution in [2.75, 3.05) is 26.9 Å². The van der Waals surface area contributed by atoms with Gasteiger partial charge < -0.3 is 19.0 Å². The van der Waals surface area contributed by atoms with E-state index >= 15 is 0 Å². The third-order valence-electron chi connectivity index (χ3n) is 5.42. The number of oxime groups is 1. The summed E-state index contributed by atoms with van der Waals surface area (Å²) in [6, 6.07) is 8.21. The largest absolute Gasteiger partial charge is 0.494 e. The quantitative estimate of drug-likeness (QED) is 0.144. The number of hydrogen-bond acceptors (Lipinski definition) is 5. The standard InChI is InChI=1S/C28H39NO4/c1-8-9-13-31-26-18-22(4)28(23(5)19-26)33-15-12-10-11-14-32-25-16-20(2)27(21(3)17-25)24(6)29-30-7/h8-9,16-19H,10-15H2,1-7H3/b9-8+,29-24+. The van der Waals surface area contributed by atoms with Crippen LogP contribution in [0.15, 0.2) is 41.6 Å². The topological polar surface area (TPSA) is 49.3 Å². The zero-order chi connectivity index (χ0) is 24.2. The van der Waals surface area contributed by atoms with Crippen molar-refractivity contribution in [2.45, 2.75) is 60.8 Å². The number of benzene rings is 2. The van der Waals surface area contributed by atoms with Gasteiger partial charge in [-0.2, -0.15) is 0 Å². The Hall–Kier alpha value is -2.95. The minimum atomic E-state index is 0.586. The van der Waals surface area contributed by atoms with Crippen molar-refractivity contribution in [3.63, 3.8) is 0 Å². The SMILES string of the molecule is C/C=C/COc1cc(C)c(OCCCCCOc2cc(C)c(/C(C)=N/OC)c(C)c2)c(C)c1. The molecule has 180 valence electrons. The van der Waals surface area contributed by atoms with Gasteiger partial charge in [-0.25, -0.2) is 0 Å². The highest BCUT2D eigenvalue weighted by molar-refractivity contribution is 6.01. The minimum Gasteiger partial charge on any atom is -0.494 e. The van der Waals surface area contributed by atoms with Gasteiger partial charge in [-0.15, -0.1) is 0 Å². The average Bonchev–Trinajstić information content (AvgIpc) is 2.74. The summed E-state index contributed by atoms with van der Waals surface area (Å²) in [5.41, 5.74) is 6.48. The van der Waals surface area contributed by atoms with E-state index in [9.17, 15) is 0 Å². The molecule has 33 heavy (non-hydrogen) atoms. The van der Waals surface area contributed by atoms with Crippen molar-refractivity contribution in [1.29, 1.82) is 0 Å². The predicted molar refractivity (Wildman–Crippen MR) is 136 cm³/mol. The summed E-state index contributed by atoms with van der Waals surface area (Å²) in [5.74, 6) is 2.74. The second-order valence-electron chi connectivity index (χ2n) is 8.32. The summed E-state index contributed by atoms with van der Waals surface area (Å²) < 4.78 is 17.8. The lowest BCUT2D eigenvalue weighted by Gasteiger charge is -2.15. The number of nitrogens with zero attached hydrogens (tertiary/aromatic N) is 1. The molecular formula is C28H39NO4. The Morgan fingerprint density at radius 1 is 0.788 bits per heavy atom. The molecule has 0 aliphatic rings. The number of hydrogen-bond donors (Lipinski definition) is 0. The smallest absolute Gasteiger partial charge is 0.125 e. The van der Waals surface area contributed by atoms with Crippen molar-refractivity contribution >= 4 is 5.71 Å². The van der Waals surface area contributed by atoms with E-state index in [0.29, 0.717) is 19.8 Å². The average molecular weight is 454 g/mol.